The monoisotopic (exact) mass is 384 g/mol. The van der Waals surface area contributed by atoms with Crippen molar-refractivity contribution in [2.45, 2.75) is 70.4 Å². The molecule has 0 aromatic heterocycles. The second-order valence-corrected chi connectivity index (χ2v) is 8.29. The van der Waals surface area contributed by atoms with Crippen molar-refractivity contribution in [3.8, 4) is 0 Å². The van der Waals surface area contributed by atoms with Gasteiger partial charge in [-0.05, 0) is 62.3 Å². The third kappa shape index (κ3) is 3.91. The number of carbonyl (C=O) groups is 3. The molecule has 2 fully saturated rings. The average molecular weight is 384 g/mol. The molecule has 150 valence electrons. The standard InChI is InChI=1S/C22H28N2O4/c1-14(21(26)23-18-10-9-15-5-4-6-16(15)11-18)28-22(27)17-12-20(25)24(13-17)19-7-2-3-8-19/h9-11,14,17,19H,2-8,12-13H2,1H3,(H,23,26)/t14-,17-/m1/s1. The van der Waals surface area contributed by atoms with Crippen molar-refractivity contribution in [2.75, 3.05) is 11.9 Å². The number of aryl methyl sites for hydroxylation is 2. The number of fused-ring (bicyclic) bond motifs is 1. The third-order valence-corrected chi connectivity index (χ3v) is 6.29. The molecule has 1 N–H and O–H groups in total. The predicted octanol–water partition coefficient (Wildman–Crippen LogP) is 2.84. The highest BCUT2D eigenvalue weighted by Gasteiger charge is 2.40. The lowest BCUT2D eigenvalue weighted by Crippen LogP contribution is -2.36. The van der Waals surface area contributed by atoms with Gasteiger partial charge in [-0.25, -0.2) is 0 Å². The van der Waals surface area contributed by atoms with Crippen LogP contribution in [0, 0.1) is 5.92 Å². The van der Waals surface area contributed by atoms with Crippen LogP contribution in [0.5, 0.6) is 0 Å². The molecule has 2 amide bonds. The lowest BCUT2D eigenvalue weighted by molar-refractivity contribution is -0.157. The average Bonchev–Trinajstić information content (AvgIpc) is 3.41. The molecule has 2 atom stereocenters. The molecule has 1 aromatic rings. The van der Waals surface area contributed by atoms with Gasteiger partial charge < -0.3 is 15.0 Å². The summed E-state index contributed by atoms with van der Waals surface area (Å²) < 4.78 is 5.39. The molecule has 6 heteroatoms. The molecule has 1 heterocycles. The van der Waals surface area contributed by atoms with Crippen LogP contribution < -0.4 is 5.32 Å². The predicted molar refractivity (Wildman–Crippen MR) is 105 cm³/mol. The molecule has 28 heavy (non-hydrogen) atoms. The van der Waals surface area contributed by atoms with E-state index in [1.165, 1.54) is 11.1 Å². The van der Waals surface area contributed by atoms with Gasteiger partial charge in [-0.3, -0.25) is 14.4 Å². The number of esters is 1. The molecule has 0 unspecified atom stereocenters. The van der Waals surface area contributed by atoms with E-state index in [4.69, 9.17) is 4.74 Å². The van der Waals surface area contributed by atoms with Crippen LogP contribution in [0.2, 0.25) is 0 Å². The number of anilines is 1. The largest absolute Gasteiger partial charge is 0.452 e. The van der Waals surface area contributed by atoms with Gasteiger partial charge in [0.1, 0.15) is 0 Å². The number of likely N-dealkylation sites (tertiary alicyclic amines) is 1. The van der Waals surface area contributed by atoms with Crippen molar-refractivity contribution in [3.63, 3.8) is 0 Å². The smallest absolute Gasteiger partial charge is 0.312 e. The maximum atomic E-state index is 12.5. The van der Waals surface area contributed by atoms with Gasteiger partial charge in [-0.15, -0.1) is 0 Å². The zero-order valence-electron chi connectivity index (χ0n) is 16.4. The molecule has 1 saturated heterocycles. The maximum absolute atomic E-state index is 12.5. The lowest BCUT2D eigenvalue weighted by Gasteiger charge is -2.24. The number of ether oxygens (including phenoxy) is 1. The highest BCUT2D eigenvalue weighted by molar-refractivity contribution is 5.96. The number of benzene rings is 1. The topological polar surface area (TPSA) is 75.7 Å². The van der Waals surface area contributed by atoms with E-state index in [1.807, 2.05) is 17.0 Å². The van der Waals surface area contributed by atoms with Crippen LogP contribution in [0.3, 0.4) is 0 Å². The number of rotatable bonds is 5. The van der Waals surface area contributed by atoms with E-state index in [0.29, 0.717) is 6.54 Å². The summed E-state index contributed by atoms with van der Waals surface area (Å²) >= 11 is 0. The van der Waals surface area contributed by atoms with E-state index < -0.39 is 18.0 Å². The zero-order chi connectivity index (χ0) is 19.7. The molecule has 3 aliphatic rings. The van der Waals surface area contributed by atoms with Gasteiger partial charge in [0.05, 0.1) is 5.92 Å². The lowest BCUT2D eigenvalue weighted by atomic mass is 10.1. The number of nitrogens with one attached hydrogen (secondary N) is 1. The fraction of sp³-hybridized carbons (Fsp3) is 0.591. The van der Waals surface area contributed by atoms with Crippen LogP contribution in [0.15, 0.2) is 18.2 Å². The molecule has 1 aromatic carbocycles. The molecule has 0 bridgehead atoms. The zero-order valence-corrected chi connectivity index (χ0v) is 16.4. The highest BCUT2D eigenvalue weighted by atomic mass is 16.5. The molecule has 6 nitrogen and oxygen atoms in total. The van der Waals surface area contributed by atoms with Crippen molar-refractivity contribution in [1.29, 1.82) is 0 Å². The summed E-state index contributed by atoms with van der Waals surface area (Å²) in [6, 6.07) is 6.22. The fourth-order valence-corrected chi connectivity index (χ4v) is 4.68. The Balaban J connectivity index is 1.30. The number of hydrogen-bond donors (Lipinski definition) is 1. The van der Waals surface area contributed by atoms with Gasteiger partial charge in [-0.2, -0.15) is 0 Å². The van der Waals surface area contributed by atoms with E-state index in [-0.39, 0.29) is 24.3 Å². The normalized spacial score (nSPS) is 23.0. The Morgan fingerprint density at radius 1 is 1.14 bits per heavy atom. The van der Waals surface area contributed by atoms with Crippen LogP contribution in [0.1, 0.15) is 56.6 Å². The molecular weight excluding hydrogens is 356 g/mol. The first-order valence-corrected chi connectivity index (χ1v) is 10.4. The highest BCUT2D eigenvalue weighted by Crippen LogP contribution is 2.30. The minimum Gasteiger partial charge on any atom is -0.452 e. The summed E-state index contributed by atoms with van der Waals surface area (Å²) in [5.74, 6) is -1.24. The third-order valence-electron chi connectivity index (χ3n) is 6.29. The number of nitrogens with zero attached hydrogens (tertiary/aromatic N) is 1. The molecular formula is C22H28N2O4. The minimum atomic E-state index is -0.892. The van der Waals surface area contributed by atoms with Crippen LogP contribution in [0.4, 0.5) is 5.69 Å². The second-order valence-electron chi connectivity index (χ2n) is 8.29. The minimum absolute atomic E-state index is 0.0316. The summed E-state index contributed by atoms with van der Waals surface area (Å²) in [4.78, 5) is 39.0. The summed E-state index contributed by atoms with van der Waals surface area (Å²) in [5, 5.41) is 2.84. The Labute approximate surface area is 165 Å². The number of carbonyl (C=O) groups excluding carboxylic acids is 3. The maximum Gasteiger partial charge on any atom is 0.312 e. The van der Waals surface area contributed by atoms with Crippen LogP contribution in [-0.2, 0) is 32.0 Å². The van der Waals surface area contributed by atoms with E-state index in [0.717, 1.165) is 50.6 Å². The molecule has 4 rings (SSSR count). The Morgan fingerprint density at radius 3 is 2.68 bits per heavy atom. The van der Waals surface area contributed by atoms with Gasteiger partial charge in [0.2, 0.25) is 5.91 Å². The van der Waals surface area contributed by atoms with Gasteiger partial charge in [-0.1, -0.05) is 18.9 Å². The Bertz CT molecular complexity index is 785. The van der Waals surface area contributed by atoms with E-state index >= 15 is 0 Å². The van der Waals surface area contributed by atoms with Crippen molar-refractivity contribution in [2.24, 2.45) is 5.92 Å². The molecule has 1 saturated carbocycles. The molecule has 0 spiro atoms. The summed E-state index contributed by atoms with van der Waals surface area (Å²) in [6.07, 6.45) is 6.91. The first kappa shape index (κ1) is 19.0. The Morgan fingerprint density at radius 2 is 1.89 bits per heavy atom. The number of amides is 2. The van der Waals surface area contributed by atoms with E-state index in [9.17, 15) is 14.4 Å². The molecule has 1 aliphatic heterocycles. The summed E-state index contributed by atoms with van der Waals surface area (Å²) in [7, 11) is 0. The SMILES string of the molecule is C[C@@H](OC(=O)[C@@H]1CC(=O)N(C2CCCC2)C1)C(=O)Nc1ccc2c(c1)CCC2. The first-order valence-electron chi connectivity index (χ1n) is 10.4. The van der Waals surface area contributed by atoms with E-state index in [1.54, 1.807) is 6.92 Å². The quantitative estimate of drug-likeness (QED) is 0.792. The van der Waals surface area contributed by atoms with E-state index in [2.05, 4.69) is 11.4 Å². The van der Waals surface area contributed by atoms with Crippen molar-refractivity contribution in [1.82, 2.24) is 4.90 Å². The second kappa shape index (κ2) is 7.94. The molecule has 2 aliphatic carbocycles. The van der Waals surface area contributed by atoms with Crippen LogP contribution in [0.25, 0.3) is 0 Å². The van der Waals surface area contributed by atoms with Crippen LogP contribution >= 0.6 is 0 Å². The van der Waals surface area contributed by atoms with Gasteiger partial charge >= 0.3 is 5.97 Å². The summed E-state index contributed by atoms with van der Waals surface area (Å²) in [5.41, 5.74) is 3.35. The number of hydrogen-bond acceptors (Lipinski definition) is 4. The Hall–Kier alpha value is -2.37. The van der Waals surface area contributed by atoms with Crippen LogP contribution in [-0.4, -0.2) is 41.4 Å². The van der Waals surface area contributed by atoms with Gasteiger partial charge in [0.15, 0.2) is 6.10 Å². The van der Waals surface area contributed by atoms with Crippen molar-refractivity contribution in [3.05, 3.63) is 29.3 Å². The van der Waals surface area contributed by atoms with Crippen molar-refractivity contribution >= 4 is 23.5 Å². The van der Waals surface area contributed by atoms with Gasteiger partial charge in [0, 0.05) is 24.7 Å². The van der Waals surface area contributed by atoms with Gasteiger partial charge in [0.25, 0.3) is 5.91 Å². The molecule has 0 radical (unpaired) electrons. The summed E-state index contributed by atoms with van der Waals surface area (Å²) in [6.45, 7) is 1.99. The Kier molecular flexibility index (Phi) is 5.38. The van der Waals surface area contributed by atoms with Crippen molar-refractivity contribution < 1.29 is 19.1 Å². The first-order chi connectivity index (χ1) is 13.5. The fourth-order valence-electron chi connectivity index (χ4n) is 4.68.